The lowest BCUT2D eigenvalue weighted by molar-refractivity contribution is 1.30. The zero-order valence-electron chi connectivity index (χ0n) is 6.43. The SMILES string of the molecule is CNc1nc[nH]c1C(=N)SC. The zero-order chi connectivity index (χ0) is 8.27. The van der Waals surface area contributed by atoms with E-state index in [1.165, 1.54) is 11.8 Å². The molecule has 0 fully saturated rings. The van der Waals surface area contributed by atoms with Crippen LogP contribution in [0.15, 0.2) is 6.33 Å². The maximum absolute atomic E-state index is 7.49. The minimum atomic E-state index is 0.492. The van der Waals surface area contributed by atoms with Gasteiger partial charge in [0.05, 0.1) is 6.33 Å². The smallest absolute Gasteiger partial charge is 0.154 e. The number of aromatic amines is 1. The van der Waals surface area contributed by atoms with Crippen LogP contribution in [0.1, 0.15) is 5.69 Å². The van der Waals surface area contributed by atoms with Crippen LogP contribution in [-0.4, -0.2) is 28.3 Å². The maximum Gasteiger partial charge on any atom is 0.154 e. The Morgan fingerprint density at radius 3 is 3.09 bits per heavy atom. The molecule has 5 heteroatoms. The van der Waals surface area contributed by atoms with Crippen LogP contribution in [0.2, 0.25) is 0 Å². The van der Waals surface area contributed by atoms with E-state index in [1.807, 2.05) is 6.26 Å². The van der Waals surface area contributed by atoms with Gasteiger partial charge in [-0.3, -0.25) is 5.41 Å². The number of aromatic nitrogens is 2. The van der Waals surface area contributed by atoms with Crippen LogP contribution >= 0.6 is 11.8 Å². The van der Waals surface area contributed by atoms with Gasteiger partial charge in [0, 0.05) is 7.05 Å². The van der Waals surface area contributed by atoms with Crippen LogP contribution in [-0.2, 0) is 0 Å². The van der Waals surface area contributed by atoms with E-state index >= 15 is 0 Å². The van der Waals surface area contributed by atoms with Crippen LogP contribution in [0.5, 0.6) is 0 Å². The number of rotatable bonds is 2. The van der Waals surface area contributed by atoms with Gasteiger partial charge in [0.2, 0.25) is 0 Å². The van der Waals surface area contributed by atoms with E-state index in [1.54, 1.807) is 13.4 Å². The molecule has 4 nitrogen and oxygen atoms in total. The molecule has 11 heavy (non-hydrogen) atoms. The molecule has 0 radical (unpaired) electrons. The number of hydrogen-bond acceptors (Lipinski definition) is 4. The van der Waals surface area contributed by atoms with Gasteiger partial charge in [0.25, 0.3) is 0 Å². The molecule has 3 N–H and O–H groups in total. The van der Waals surface area contributed by atoms with E-state index in [0.29, 0.717) is 5.04 Å². The number of anilines is 1. The topological polar surface area (TPSA) is 64.6 Å². The van der Waals surface area contributed by atoms with Gasteiger partial charge in [0.15, 0.2) is 5.82 Å². The largest absolute Gasteiger partial charge is 0.371 e. The summed E-state index contributed by atoms with van der Waals surface area (Å²) in [5.41, 5.74) is 0.750. The molecule has 0 bridgehead atoms. The summed E-state index contributed by atoms with van der Waals surface area (Å²) in [7, 11) is 1.78. The Bertz CT molecular complexity index is 255. The Hall–Kier alpha value is -0.970. The molecule has 1 aromatic rings. The molecular formula is C6H10N4S. The van der Waals surface area contributed by atoms with Crippen molar-refractivity contribution >= 4 is 22.6 Å². The Morgan fingerprint density at radius 1 is 1.82 bits per heavy atom. The molecular weight excluding hydrogens is 160 g/mol. The lowest BCUT2D eigenvalue weighted by Crippen LogP contribution is -1.99. The number of hydrogen-bond donors (Lipinski definition) is 3. The quantitative estimate of drug-likeness (QED) is 0.460. The Balaban J connectivity index is 2.92. The summed E-state index contributed by atoms with van der Waals surface area (Å²) in [6.07, 6.45) is 3.44. The number of H-pyrrole nitrogens is 1. The third-order valence-corrected chi connectivity index (χ3v) is 1.92. The molecule has 1 aromatic heterocycles. The fourth-order valence-corrected chi connectivity index (χ4v) is 1.12. The van der Waals surface area contributed by atoms with Crippen molar-refractivity contribution in [1.82, 2.24) is 9.97 Å². The molecule has 60 valence electrons. The van der Waals surface area contributed by atoms with Gasteiger partial charge in [-0.25, -0.2) is 4.98 Å². The summed E-state index contributed by atoms with van der Waals surface area (Å²) in [6.45, 7) is 0. The van der Waals surface area contributed by atoms with E-state index in [9.17, 15) is 0 Å². The standard InChI is InChI=1S/C6H10N4S/c1-8-6-4(5(7)11-2)9-3-10-6/h3,7-8H,1-2H3,(H,9,10). The van der Waals surface area contributed by atoms with Crippen LogP contribution in [0.3, 0.4) is 0 Å². The monoisotopic (exact) mass is 170 g/mol. The van der Waals surface area contributed by atoms with E-state index in [2.05, 4.69) is 15.3 Å². The second-order valence-electron chi connectivity index (χ2n) is 1.91. The molecule has 0 amide bonds. The van der Waals surface area contributed by atoms with E-state index in [0.717, 1.165) is 11.5 Å². The molecule has 0 aliphatic carbocycles. The van der Waals surface area contributed by atoms with E-state index < -0.39 is 0 Å². The van der Waals surface area contributed by atoms with Gasteiger partial charge in [0.1, 0.15) is 10.7 Å². The van der Waals surface area contributed by atoms with Crippen molar-refractivity contribution in [3.05, 3.63) is 12.0 Å². The minimum Gasteiger partial charge on any atom is -0.371 e. The van der Waals surface area contributed by atoms with Crippen molar-refractivity contribution in [3.8, 4) is 0 Å². The van der Waals surface area contributed by atoms with Crippen LogP contribution in [0.4, 0.5) is 5.82 Å². The van der Waals surface area contributed by atoms with Gasteiger partial charge in [-0.2, -0.15) is 0 Å². The zero-order valence-corrected chi connectivity index (χ0v) is 7.25. The first-order chi connectivity index (χ1) is 5.29. The summed E-state index contributed by atoms with van der Waals surface area (Å²) < 4.78 is 0. The van der Waals surface area contributed by atoms with Crippen molar-refractivity contribution in [2.24, 2.45) is 0 Å². The summed E-state index contributed by atoms with van der Waals surface area (Å²) >= 11 is 1.38. The van der Waals surface area contributed by atoms with Gasteiger partial charge >= 0.3 is 0 Å². The highest BCUT2D eigenvalue weighted by molar-refractivity contribution is 8.13. The average molecular weight is 170 g/mol. The predicted molar refractivity (Wildman–Crippen MR) is 48.5 cm³/mol. The summed E-state index contributed by atoms with van der Waals surface area (Å²) in [5.74, 6) is 0.726. The number of thioether (sulfide) groups is 1. The molecule has 0 saturated carbocycles. The lowest BCUT2D eigenvalue weighted by atomic mass is 10.4. The normalized spacial score (nSPS) is 9.64. The fraction of sp³-hybridized carbons (Fsp3) is 0.333. The molecule has 1 rings (SSSR count). The third kappa shape index (κ3) is 1.54. The Kier molecular flexibility index (Phi) is 2.53. The van der Waals surface area contributed by atoms with E-state index in [-0.39, 0.29) is 0 Å². The molecule has 0 unspecified atom stereocenters. The minimum absolute atomic E-state index is 0.492. The maximum atomic E-state index is 7.49. The highest BCUT2D eigenvalue weighted by atomic mass is 32.2. The number of nitrogens with one attached hydrogen (secondary N) is 3. The molecule has 0 aliphatic heterocycles. The highest BCUT2D eigenvalue weighted by Crippen LogP contribution is 2.13. The first-order valence-electron chi connectivity index (χ1n) is 3.13. The van der Waals surface area contributed by atoms with Gasteiger partial charge < -0.3 is 10.3 Å². The van der Waals surface area contributed by atoms with E-state index in [4.69, 9.17) is 5.41 Å². The summed E-state index contributed by atoms with van der Waals surface area (Å²) in [6, 6.07) is 0. The molecule has 0 aliphatic rings. The molecule has 0 aromatic carbocycles. The van der Waals surface area contributed by atoms with Crippen molar-refractivity contribution < 1.29 is 0 Å². The summed E-state index contributed by atoms with van der Waals surface area (Å²) in [4.78, 5) is 6.87. The highest BCUT2D eigenvalue weighted by Gasteiger charge is 2.07. The predicted octanol–water partition coefficient (Wildman–Crippen LogP) is 1.14. The van der Waals surface area contributed by atoms with Crippen molar-refractivity contribution in [3.63, 3.8) is 0 Å². The second-order valence-corrected chi connectivity index (χ2v) is 2.73. The molecule has 1 heterocycles. The van der Waals surface area contributed by atoms with Crippen molar-refractivity contribution in [2.75, 3.05) is 18.6 Å². The lowest BCUT2D eigenvalue weighted by Gasteiger charge is -1.99. The Morgan fingerprint density at radius 2 is 2.55 bits per heavy atom. The van der Waals surface area contributed by atoms with Gasteiger partial charge in [-0.05, 0) is 6.26 Å². The fourth-order valence-electron chi connectivity index (χ4n) is 0.759. The first kappa shape index (κ1) is 8.13. The van der Waals surface area contributed by atoms with Crippen LogP contribution in [0.25, 0.3) is 0 Å². The molecule has 0 saturated heterocycles. The number of nitrogens with zero attached hydrogens (tertiary/aromatic N) is 1. The summed E-state index contributed by atoms with van der Waals surface area (Å²) in [5, 5.41) is 10.9. The third-order valence-electron chi connectivity index (χ3n) is 1.31. The molecule has 0 spiro atoms. The molecule has 0 atom stereocenters. The van der Waals surface area contributed by atoms with Gasteiger partial charge in [-0.15, -0.1) is 11.8 Å². The average Bonchev–Trinajstić information content (AvgIpc) is 2.50. The van der Waals surface area contributed by atoms with Crippen molar-refractivity contribution in [1.29, 1.82) is 5.41 Å². The van der Waals surface area contributed by atoms with Crippen LogP contribution in [0, 0.1) is 5.41 Å². The Labute approximate surface area is 69.3 Å². The van der Waals surface area contributed by atoms with Gasteiger partial charge in [-0.1, -0.05) is 0 Å². The van der Waals surface area contributed by atoms with Crippen molar-refractivity contribution in [2.45, 2.75) is 0 Å². The second kappa shape index (κ2) is 3.43. The first-order valence-corrected chi connectivity index (χ1v) is 4.36. The number of imidazole rings is 1. The van der Waals surface area contributed by atoms with Crippen LogP contribution < -0.4 is 5.32 Å².